The van der Waals surface area contributed by atoms with Gasteiger partial charge in [0.25, 0.3) is 11.8 Å². The Labute approximate surface area is 171 Å². The molecule has 1 saturated carbocycles. The van der Waals surface area contributed by atoms with Crippen molar-refractivity contribution in [2.75, 3.05) is 26.2 Å². The summed E-state index contributed by atoms with van der Waals surface area (Å²) >= 11 is 0. The molecule has 1 aromatic rings. The summed E-state index contributed by atoms with van der Waals surface area (Å²) in [5.74, 6) is -1.75. The lowest BCUT2D eigenvalue weighted by Crippen LogP contribution is -2.56. The number of carbonyl (C=O) groups excluding carboxylic acids is 4. The van der Waals surface area contributed by atoms with Crippen LogP contribution in [0.4, 0.5) is 4.79 Å². The van der Waals surface area contributed by atoms with Crippen molar-refractivity contribution in [1.82, 2.24) is 21.3 Å². The van der Waals surface area contributed by atoms with Crippen LogP contribution < -0.4 is 27.0 Å². The van der Waals surface area contributed by atoms with E-state index in [4.69, 9.17) is 10.5 Å². The number of nitrogens with two attached hydrogens (primary N) is 1. The van der Waals surface area contributed by atoms with E-state index >= 15 is 0 Å². The second-order valence-electron chi connectivity index (χ2n) is 8.23. The SMILES string of the molecule is NC(=O)c1cc(C(=O)NCC23CC(CNC(=O)[C@@H]4CNC(=O)N4)(CO2)C3)ccc1O. The summed E-state index contributed by atoms with van der Waals surface area (Å²) in [6, 6.07) is 2.97. The number of hydrogen-bond acceptors (Lipinski definition) is 6. The number of hydrogen-bond donors (Lipinski definition) is 6. The molecule has 5 rings (SSSR count). The Balaban J connectivity index is 1.27. The molecule has 0 radical (unpaired) electrons. The second-order valence-corrected chi connectivity index (χ2v) is 8.23. The van der Waals surface area contributed by atoms with Gasteiger partial charge in [-0.15, -0.1) is 0 Å². The smallest absolute Gasteiger partial charge is 0.315 e. The Morgan fingerprint density at radius 2 is 2.00 bits per heavy atom. The lowest BCUT2D eigenvalue weighted by Gasteiger charge is -2.44. The molecule has 0 unspecified atom stereocenters. The summed E-state index contributed by atoms with van der Waals surface area (Å²) in [4.78, 5) is 47.0. The van der Waals surface area contributed by atoms with E-state index in [2.05, 4.69) is 21.3 Å². The molecule has 1 atom stereocenters. The van der Waals surface area contributed by atoms with Crippen LogP contribution in [0.2, 0.25) is 0 Å². The number of urea groups is 1. The van der Waals surface area contributed by atoms with Gasteiger partial charge in [-0.2, -0.15) is 0 Å². The van der Waals surface area contributed by atoms with Gasteiger partial charge in [0.15, 0.2) is 0 Å². The monoisotopic (exact) mass is 417 g/mol. The zero-order valence-corrected chi connectivity index (χ0v) is 16.1. The van der Waals surface area contributed by atoms with Crippen LogP contribution in [0.25, 0.3) is 0 Å². The van der Waals surface area contributed by atoms with Gasteiger partial charge in [0.2, 0.25) is 5.91 Å². The van der Waals surface area contributed by atoms with Crippen LogP contribution in [-0.4, -0.2) is 66.7 Å². The van der Waals surface area contributed by atoms with Gasteiger partial charge in [-0.05, 0) is 31.0 Å². The van der Waals surface area contributed by atoms with Crippen molar-refractivity contribution < 1.29 is 29.0 Å². The van der Waals surface area contributed by atoms with E-state index in [-0.39, 0.29) is 47.3 Å². The summed E-state index contributed by atoms with van der Waals surface area (Å²) in [6.45, 7) is 1.47. The van der Waals surface area contributed by atoms with E-state index in [0.717, 1.165) is 0 Å². The van der Waals surface area contributed by atoms with Crippen molar-refractivity contribution in [3.05, 3.63) is 29.3 Å². The average molecular weight is 417 g/mol. The molecular formula is C19H23N5O6. The number of aromatic hydroxyl groups is 1. The number of ether oxygens (including phenoxy) is 1. The Hall–Kier alpha value is -3.34. The molecule has 2 bridgehead atoms. The van der Waals surface area contributed by atoms with Crippen molar-refractivity contribution in [2.24, 2.45) is 11.1 Å². The molecular weight excluding hydrogens is 394 g/mol. The molecule has 0 spiro atoms. The highest BCUT2D eigenvalue weighted by Crippen LogP contribution is 2.57. The molecule has 11 nitrogen and oxygen atoms in total. The third kappa shape index (κ3) is 3.63. The van der Waals surface area contributed by atoms with Crippen LogP contribution in [-0.2, 0) is 9.53 Å². The number of fused-ring (bicyclic) bond motifs is 1. The Kier molecular flexibility index (Phi) is 4.77. The maximum Gasteiger partial charge on any atom is 0.315 e. The van der Waals surface area contributed by atoms with Crippen molar-refractivity contribution in [3.8, 4) is 5.75 Å². The maximum atomic E-state index is 12.4. The van der Waals surface area contributed by atoms with Gasteiger partial charge in [-0.3, -0.25) is 14.4 Å². The van der Waals surface area contributed by atoms with Crippen LogP contribution in [0.3, 0.4) is 0 Å². The number of amides is 5. The summed E-state index contributed by atoms with van der Waals surface area (Å²) in [7, 11) is 0. The molecule has 5 amide bonds. The van der Waals surface area contributed by atoms with Crippen molar-refractivity contribution >= 4 is 23.8 Å². The molecule has 11 heteroatoms. The van der Waals surface area contributed by atoms with E-state index < -0.39 is 23.5 Å². The summed E-state index contributed by atoms with van der Waals surface area (Å²) in [5, 5.41) is 20.4. The van der Waals surface area contributed by atoms with E-state index in [1.807, 2.05) is 0 Å². The standard InChI is InChI=1S/C19H23N5O6/c20-14(26)11-3-10(1-2-13(11)25)15(27)23-8-19-5-18(6-19,9-30-19)7-22-16(28)12-4-21-17(29)24-12/h1-3,12,25H,4-9H2,(H2,20,26)(H,22,28)(H,23,27)(H2,21,24,29)/t12-,18?,19?/m0/s1. The molecule has 0 aromatic heterocycles. The van der Waals surface area contributed by atoms with Gasteiger partial charge in [-0.25, -0.2) is 4.79 Å². The van der Waals surface area contributed by atoms with Crippen LogP contribution in [0.15, 0.2) is 18.2 Å². The lowest BCUT2D eigenvalue weighted by molar-refractivity contribution is -0.123. The minimum atomic E-state index is -0.821. The normalized spacial score (nSPS) is 28.8. The fourth-order valence-corrected chi connectivity index (χ4v) is 4.41. The van der Waals surface area contributed by atoms with E-state index in [9.17, 15) is 24.3 Å². The van der Waals surface area contributed by atoms with E-state index in [1.54, 1.807) is 0 Å². The largest absolute Gasteiger partial charge is 0.507 e. The summed E-state index contributed by atoms with van der Waals surface area (Å²) < 4.78 is 5.90. The number of rotatable bonds is 7. The van der Waals surface area contributed by atoms with Gasteiger partial charge in [0.1, 0.15) is 11.8 Å². The molecule has 4 aliphatic rings. The zero-order chi connectivity index (χ0) is 21.5. The average Bonchev–Trinajstić information content (AvgIpc) is 3.38. The number of benzene rings is 1. The van der Waals surface area contributed by atoms with E-state index in [1.165, 1.54) is 18.2 Å². The quantitative estimate of drug-likeness (QED) is 0.317. The molecule has 3 aliphatic heterocycles. The highest BCUT2D eigenvalue weighted by atomic mass is 16.5. The lowest BCUT2D eigenvalue weighted by atomic mass is 9.62. The van der Waals surface area contributed by atoms with Gasteiger partial charge in [-0.1, -0.05) is 0 Å². The first kappa shape index (κ1) is 20.0. The van der Waals surface area contributed by atoms with Crippen LogP contribution in [0.1, 0.15) is 33.6 Å². The molecule has 1 aliphatic carbocycles. The Bertz CT molecular complexity index is 926. The molecule has 3 saturated heterocycles. The first-order chi connectivity index (χ1) is 14.2. The van der Waals surface area contributed by atoms with Crippen molar-refractivity contribution in [3.63, 3.8) is 0 Å². The van der Waals surface area contributed by atoms with Gasteiger partial charge >= 0.3 is 6.03 Å². The van der Waals surface area contributed by atoms with Crippen molar-refractivity contribution in [2.45, 2.75) is 24.5 Å². The second kappa shape index (κ2) is 7.17. The van der Waals surface area contributed by atoms with Gasteiger partial charge < -0.3 is 36.8 Å². The highest BCUT2D eigenvalue weighted by Gasteiger charge is 2.62. The van der Waals surface area contributed by atoms with Crippen LogP contribution >= 0.6 is 0 Å². The maximum absolute atomic E-state index is 12.4. The molecule has 160 valence electrons. The van der Waals surface area contributed by atoms with Gasteiger partial charge in [0, 0.05) is 30.6 Å². The molecule has 1 aromatic carbocycles. The predicted molar refractivity (Wildman–Crippen MR) is 103 cm³/mol. The molecule has 3 heterocycles. The number of primary amides is 1. The number of phenols is 1. The fourth-order valence-electron chi connectivity index (χ4n) is 4.41. The molecule has 4 fully saturated rings. The highest BCUT2D eigenvalue weighted by molar-refractivity contribution is 6.00. The van der Waals surface area contributed by atoms with E-state index in [0.29, 0.717) is 26.0 Å². The first-order valence-electron chi connectivity index (χ1n) is 9.58. The minimum absolute atomic E-state index is 0.120. The third-order valence-electron chi connectivity index (χ3n) is 5.90. The van der Waals surface area contributed by atoms with Crippen LogP contribution in [0, 0.1) is 5.41 Å². The summed E-state index contributed by atoms with van der Waals surface area (Å²) in [5.41, 5.74) is 4.63. The topological polar surface area (TPSA) is 172 Å². The minimum Gasteiger partial charge on any atom is -0.507 e. The fraction of sp³-hybridized carbons (Fsp3) is 0.474. The Morgan fingerprint density at radius 3 is 2.67 bits per heavy atom. The summed E-state index contributed by atoms with van der Waals surface area (Å²) in [6.07, 6.45) is 1.38. The number of nitrogens with one attached hydrogen (secondary N) is 4. The predicted octanol–water partition coefficient (Wildman–Crippen LogP) is -1.43. The first-order valence-corrected chi connectivity index (χ1v) is 9.58. The molecule has 30 heavy (non-hydrogen) atoms. The molecule has 7 N–H and O–H groups in total. The zero-order valence-electron chi connectivity index (χ0n) is 16.1. The third-order valence-corrected chi connectivity index (χ3v) is 5.90. The Morgan fingerprint density at radius 1 is 1.23 bits per heavy atom. The van der Waals surface area contributed by atoms with Gasteiger partial charge in [0.05, 0.1) is 17.8 Å². The van der Waals surface area contributed by atoms with Crippen LogP contribution in [0.5, 0.6) is 5.75 Å². The van der Waals surface area contributed by atoms with Crippen molar-refractivity contribution in [1.29, 1.82) is 0 Å². The number of carbonyl (C=O) groups is 4.